The van der Waals surface area contributed by atoms with Crippen LogP contribution in [0.5, 0.6) is 0 Å². The van der Waals surface area contributed by atoms with Gasteiger partial charge >= 0.3 is 6.18 Å². The molecule has 0 unspecified atom stereocenters. The van der Waals surface area contributed by atoms with Gasteiger partial charge in [-0.25, -0.2) is 19.0 Å². The Morgan fingerprint density at radius 3 is 2.41 bits per heavy atom. The SMILES string of the molecule is C/C(=N/NC(=O)c1ccc(Cl)c(S(N)(=O)=O)c1)c1cccc(C(F)(F)F)c1. The van der Waals surface area contributed by atoms with Crippen molar-refractivity contribution < 1.29 is 26.4 Å². The molecule has 11 heteroatoms. The highest BCUT2D eigenvalue weighted by atomic mass is 35.5. The number of primary sulfonamides is 1. The zero-order valence-electron chi connectivity index (χ0n) is 13.7. The van der Waals surface area contributed by atoms with Gasteiger partial charge in [-0.15, -0.1) is 0 Å². The summed E-state index contributed by atoms with van der Waals surface area (Å²) < 4.78 is 61.1. The van der Waals surface area contributed by atoms with Crippen LogP contribution < -0.4 is 10.6 Å². The molecule has 144 valence electrons. The van der Waals surface area contributed by atoms with Gasteiger partial charge in [0.2, 0.25) is 10.0 Å². The minimum Gasteiger partial charge on any atom is -0.267 e. The molecule has 0 saturated heterocycles. The first-order valence-corrected chi connectivity index (χ1v) is 9.16. The van der Waals surface area contributed by atoms with E-state index in [1.54, 1.807) is 0 Å². The van der Waals surface area contributed by atoms with Gasteiger partial charge in [-0.1, -0.05) is 23.7 Å². The van der Waals surface area contributed by atoms with Crippen LogP contribution in [0.3, 0.4) is 0 Å². The highest BCUT2D eigenvalue weighted by Gasteiger charge is 2.30. The molecule has 0 spiro atoms. The second-order valence-corrected chi connectivity index (χ2v) is 7.34. The van der Waals surface area contributed by atoms with Crippen LogP contribution in [0, 0.1) is 0 Å². The summed E-state index contributed by atoms with van der Waals surface area (Å²) in [6.45, 7) is 1.41. The summed E-state index contributed by atoms with van der Waals surface area (Å²) in [6.07, 6.45) is -4.51. The van der Waals surface area contributed by atoms with Crippen molar-refractivity contribution >= 4 is 33.2 Å². The van der Waals surface area contributed by atoms with Gasteiger partial charge in [-0.3, -0.25) is 4.79 Å². The monoisotopic (exact) mass is 419 g/mol. The van der Waals surface area contributed by atoms with Crippen molar-refractivity contribution in [2.24, 2.45) is 10.2 Å². The van der Waals surface area contributed by atoms with Gasteiger partial charge in [-0.2, -0.15) is 18.3 Å². The lowest BCUT2D eigenvalue weighted by atomic mass is 10.1. The summed E-state index contributed by atoms with van der Waals surface area (Å²) in [4.78, 5) is 11.7. The summed E-state index contributed by atoms with van der Waals surface area (Å²) in [5, 5.41) is 8.60. The lowest BCUT2D eigenvalue weighted by Gasteiger charge is -2.09. The summed E-state index contributed by atoms with van der Waals surface area (Å²) in [7, 11) is -4.14. The molecule has 27 heavy (non-hydrogen) atoms. The Kier molecular flexibility index (Phi) is 5.93. The van der Waals surface area contributed by atoms with E-state index in [0.717, 1.165) is 18.2 Å². The molecule has 6 nitrogen and oxygen atoms in total. The van der Waals surface area contributed by atoms with E-state index in [0.29, 0.717) is 0 Å². The normalized spacial score (nSPS) is 12.7. The highest BCUT2D eigenvalue weighted by Crippen LogP contribution is 2.29. The van der Waals surface area contributed by atoms with E-state index in [1.165, 1.54) is 31.2 Å². The predicted molar refractivity (Wildman–Crippen MR) is 93.9 cm³/mol. The van der Waals surface area contributed by atoms with Crippen molar-refractivity contribution in [3.63, 3.8) is 0 Å². The number of sulfonamides is 1. The molecule has 0 heterocycles. The first-order chi connectivity index (χ1) is 12.4. The Labute approximate surface area is 157 Å². The lowest BCUT2D eigenvalue weighted by Crippen LogP contribution is -2.21. The van der Waals surface area contributed by atoms with Crippen molar-refractivity contribution in [2.75, 3.05) is 0 Å². The standard InChI is InChI=1S/C16H13ClF3N3O3S/c1-9(10-3-2-4-12(7-10)16(18,19)20)22-23-15(24)11-5-6-13(17)14(8-11)27(21,25)26/h2-8H,1H3,(H,23,24)(H2,21,25,26)/b22-9-. The second kappa shape index (κ2) is 7.67. The molecule has 2 aromatic carbocycles. The van der Waals surface area contributed by atoms with E-state index in [9.17, 15) is 26.4 Å². The molecule has 2 aromatic rings. The summed E-state index contributed by atoms with van der Waals surface area (Å²) in [5.74, 6) is -0.789. The molecule has 0 saturated carbocycles. The third-order valence-electron chi connectivity index (χ3n) is 3.43. The van der Waals surface area contributed by atoms with Crippen LogP contribution in [0.25, 0.3) is 0 Å². The van der Waals surface area contributed by atoms with Gasteiger partial charge in [-0.05, 0) is 42.8 Å². The maximum atomic E-state index is 12.8. The molecular weight excluding hydrogens is 407 g/mol. The molecule has 0 atom stereocenters. The van der Waals surface area contributed by atoms with E-state index in [1.807, 2.05) is 0 Å². The number of nitrogens with one attached hydrogen (secondary N) is 1. The van der Waals surface area contributed by atoms with Crippen molar-refractivity contribution in [3.8, 4) is 0 Å². The lowest BCUT2D eigenvalue weighted by molar-refractivity contribution is -0.137. The van der Waals surface area contributed by atoms with Crippen molar-refractivity contribution in [1.29, 1.82) is 0 Å². The Morgan fingerprint density at radius 1 is 1.15 bits per heavy atom. The fourth-order valence-electron chi connectivity index (χ4n) is 2.05. The zero-order chi connectivity index (χ0) is 20.4. The summed E-state index contributed by atoms with van der Waals surface area (Å²) in [5.41, 5.74) is 1.48. The number of hydrogen-bond acceptors (Lipinski definition) is 4. The number of halogens is 4. The van der Waals surface area contributed by atoms with E-state index in [2.05, 4.69) is 10.5 Å². The third kappa shape index (κ3) is 5.28. The molecule has 0 aliphatic heterocycles. The smallest absolute Gasteiger partial charge is 0.267 e. The number of amides is 1. The molecule has 0 aliphatic rings. The van der Waals surface area contributed by atoms with Crippen LogP contribution in [0.4, 0.5) is 13.2 Å². The van der Waals surface area contributed by atoms with Gasteiger partial charge in [0.25, 0.3) is 5.91 Å². The maximum Gasteiger partial charge on any atom is 0.416 e. The number of alkyl halides is 3. The number of nitrogens with zero attached hydrogens (tertiary/aromatic N) is 1. The van der Waals surface area contributed by atoms with Crippen LogP contribution in [-0.4, -0.2) is 20.0 Å². The minimum absolute atomic E-state index is 0.0935. The fraction of sp³-hybridized carbons (Fsp3) is 0.125. The molecule has 1 amide bonds. The van der Waals surface area contributed by atoms with E-state index >= 15 is 0 Å². The summed E-state index contributed by atoms with van der Waals surface area (Å²) >= 11 is 5.73. The fourth-order valence-corrected chi connectivity index (χ4v) is 3.12. The third-order valence-corrected chi connectivity index (χ3v) is 4.83. The summed E-state index contributed by atoms with van der Waals surface area (Å²) in [6, 6.07) is 7.84. The second-order valence-electron chi connectivity index (χ2n) is 5.41. The van der Waals surface area contributed by atoms with Crippen molar-refractivity contribution in [1.82, 2.24) is 5.43 Å². The molecule has 2 rings (SSSR count). The van der Waals surface area contributed by atoms with Gasteiger partial charge in [0, 0.05) is 5.56 Å². The molecule has 0 radical (unpaired) electrons. The highest BCUT2D eigenvalue weighted by molar-refractivity contribution is 7.89. The van der Waals surface area contributed by atoms with E-state index in [-0.39, 0.29) is 21.9 Å². The van der Waals surface area contributed by atoms with Crippen LogP contribution in [0.2, 0.25) is 5.02 Å². The number of nitrogens with two attached hydrogens (primary N) is 1. The molecule has 0 aliphatic carbocycles. The Bertz CT molecular complexity index is 1020. The quantitative estimate of drug-likeness (QED) is 0.587. The zero-order valence-corrected chi connectivity index (χ0v) is 15.3. The van der Waals surface area contributed by atoms with Gasteiger partial charge in [0.15, 0.2) is 0 Å². The molecule has 3 N–H and O–H groups in total. The van der Waals surface area contributed by atoms with Gasteiger partial charge in [0.05, 0.1) is 16.3 Å². The average molecular weight is 420 g/mol. The van der Waals surface area contributed by atoms with Crippen LogP contribution in [0.15, 0.2) is 52.5 Å². The molecule has 0 aromatic heterocycles. The Balaban J connectivity index is 2.24. The Hall–Kier alpha value is -2.43. The Morgan fingerprint density at radius 2 is 1.81 bits per heavy atom. The topological polar surface area (TPSA) is 102 Å². The van der Waals surface area contributed by atoms with Gasteiger partial charge in [0.1, 0.15) is 4.90 Å². The first kappa shape index (κ1) is 20.9. The van der Waals surface area contributed by atoms with Gasteiger partial charge < -0.3 is 0 Å². The number of carbonyl (C=O) groups is 1. The molecule has 0 bridgehead atoms. The largest absolute Gasteiger partial charge is 0.416 e. The van der Waals surface area contributed by atoms with Crippen LogP contribution >= 0.6 is 11.6 Å². The minimum atomic E-state index is -4.51. The first-order valence-electron chi connectivity index (χ1n) is 7.24. The average Bonchev–Trinajstić information content (AvgIpc) is 2.58. The predicted octanol–water partition coefficient (Wildman–Crippen LogP) is 3.16. The van der Waals surface area contributed by atoms with Crippen molar-refractivity contribution in [3.05, 3.63) is 64.2 Å². The molecule has 0 fully saturated rings. The maximum absolute atomic E-state index is 12.8. The number of hydrazone groups is 1. The number of carbonyl (C=O) groups excluding carboxylic acids is 1. The van der Waals surface area contributed by atoms with Crippen molar-refractivity contribution in [2.45, 2.75) is 18.0 Å². The van der Waals surface area contributed by atoms with E-state index < -0.39 is 32.6 Å². The molecular formula is C16H13ClF3N3O3S. The number of benzene rings is 2. The van der Waals surface area contributed by atoms with Crippen LogP contribution in [-0.2, 0) is 16.2 Å². The van der Waals surface area contributed by atoms with E-state index in [4.69, 9.17) is 16.7 Å². The number of hydrogen-bond donors (Lipinski definition) is 2. The van der Waals surface area contributed by atoms with Crippen LogP contribution in [0.1, 0.15) is 28.4 Å². The number of rotatable bonds is 4.